The minimum atomic E-state index is -0.592. The molecule has 0 saturated heterocycles. The lowest BCUT2D eigenvalue weighted by atomic mass is 10.2. The van der Waals surface area contributed by atoms with Crippen LogP contribution in [0.4, 0.5) is 10.1 Å². The number of ether oxygens (including phenoxy) is 1. The van der Waals surface area contributed by atoms with E-state index in [0.29, 0.717) is 15.7 Å². The number of hydrogen-bond acceptors (Lipinski definition) is 4. The number of carbonyl (C=O) groups excluding carboxylic acids is 1. The second-order valence-electron chi connectivity index (χ2n) is 4.33. The zero-order valence-corrected chi connectivity index (χ0v) is 12.6. The Morgan fingerprint density at radius 2 is 2.20 bits per heavy atom. The average Bonchev–Trinajstić information content (AvgIpc) is 2.59. The summed E-state index contributed by atoms with van der Waals surface area (Å²) in [4.78, 5) is 12.0. The van der Waals surface area contributed by atoms with E-state index in [9.17, 15) is 9.18 Å². The van der Waals surface area contributed by atoms with Gasteiger partial charge in [-0.3, -0.25) is 4.68 Å². The van der Waals surface area contributed by atoms with E-state index in [-0.39, 0.29) is 18.0 Å². The molecule has 20 heavy (non-hydrogen) atoms. The Labute approximate surface area is 123 Å². The van der Waals surface area contributed by atoms with E-state index in [1.54, 1.807) is 20.0 Å². The van der Waals surface area contributed by atoms with Crippen LogP contribution in [0.3, 0.4) is 0 Å². The van der Waals surface area contributed by atoms with E-state index in [1.165, 1.54) is 16.8 Å². The van der Waals surface area contributed by atoms with E-state index in [1.807, 2.05) is 0 Å². The molecule has 0 bridgehead atoms. The van der Waals surface area contributed by atoms with Crippen molar-refractivity contribution in [2.45, 2.75) is 13.5 Å². The van der Waals surface area contributed by atoms with Gasteiger partial charge in [0.05, 0.1) is 11.4 Å². The number of benzene rings is 1. The number of hydrogen-bond donors (Lipinski definition) is 1. The lowest BCUT2D eigenvalue weighted by molar-refractivity contribution is 0.0460. The highest BCUT2D eigenvalue weighted by molar-refractivity contribution is 9.10. The van der Waals surface area contributed by atoms with Crippen molar-refractivity contribution in [3.63, 3.8) is 0 Å². The van der Waals surface area contributed by atoms with Gasteiger partial charge in [0, 0.05) is 11.5 Å². The molecule has 5 nitrogen and oxygen atoms in total. The first kappa shape index (κ1) is 14.5. The summed E-state index contributed by atoms with van der Waals surface area (Å²) in [7, 11) is 1.61. The lowest BCUT2D eigenvalue weighted by Gasteiger charge is -2.06. The van der Waals surface area contributed by atoms with E-state index in [2.05, 4.69) is 21.0 Å². The summed E-state index contributed by atoms with van der Waals surface area (Å²) in [5, 5.41) is 4.04. The second-order valence-corrected chi connectivity index (χ2v) is 5.24. The van der Waals surface area contributed by atoms with E-state index < -0.39 is 11.8 Å². The first-order chi connectivity index (χ1) is 9.38. The van der Waals surface area contributed by atoms with Crippen molar-refractivity contribution < 1.29 is 13.9 Å². The number of nitrogens with zero attached hydrogens (tertiary/aromatic N) is 2. The Hall–Kier alpha value is -1.89. The molecule has 0 radical (unpaired) electrons. The summed E-state index contributed by atoms with van der Waals surface area (Å²) in [6.07, 6.45) is 0. The van der Waals surface area contributed by atoms with Gasteiger partial charge >= 0.3 is 5.97 Å². The third kappa shape index (κ3) is 2.98. The number of aromatic nitrogens is 2. The molecule has 0 unspecified atom stereocenters. The van der Waals surface area contributed by atoms with Gasteiger partial charge in [-0.2, -0.15) is 5.10 Å². The summed E-state index contributed by atoms with van der Waals surface area (Å²) < 4.78 is 20.3. The molecule has 0 aliphatic rings. The fourth-order valence-electron chi connectivity index (χ4n) is 1.83. The molecule has 0 amide bonds. The molecule has 0 fully saturated rings. The van der Waals surface area contributed by atoms with Gasteiger partial charge in [-0.05, 0) is 30.7 Å². The molecular weight excluding hydrogens is 329 g/mol. The molecule has 0 saturated carbocycles. The zero-order chi connectivity index (χ0) is 14.9. The van der Waals surface area contributed by atoms with E-state index in [4.69, 9.17) is 10.5 Å². The molecule has 2 aromatic rings. The smallest absolute Gasteiger partial charge is 0.359 e. The first-order valence-corrected chi connectivity index (χ1v) is 6.59. The van der Waals surface area contributed by atoms with Gasteiger partial charge in [0.1, 0.15) is 12.4 Å². The fourth-order valence-corrected chi connectivity index (χ4v) is 2.34. The third-order valence-corrected chi connectivity index (χ3v) is 3.21. The number of nitrogen functional groups attached to an aromatic ring is 1. The van der Waals surface area contributed by atoms with Crippen molar-refractivity contribution >= 4 is 27.6 Å². The Balaban J connectivity index is 2.12. The van der Waals surface area contributed by atoms with Crippen molar-refractivity contribution in [2.75, 3.05) is 5.73 Å². The van der Waals surface area contributed by atoms with Crippen LogP contribution < -0.4 is 5.73 Å². The van der Waals surface area contributed by atoms with Gasteiger partial charge in [-0.25, -0.2) is 9.18 Å². The lowest BCUT2D eigenvalue weighted by Crippen LogP contribution is -2.12. The zero-order valence-electron chi connectivity index (χ0n) is 11.0. The van der Waals surface area contributed by atoms with Crippen LogP contribution in [0.1, 0.15) is 21.7 Å². The molecule has 1 heterocycles. The summed E-state index contributed by atoms with van der Waals surface area (Å²) in [5.74, 6) is -0.993. The van der Waals surface area contributed by atoms with Crippen LogP contribution in [0.5, 0.6) is 0 Å². The largest absolute Gasteiger partial charge is 0.456 e. The maximum absolute atomic E-state index is 13.2. The highest BCUT2D eigenvalue weighted by Crippen LogP contribution is 2.19. The van der Waals surface area contributed by atoms with Crippen LogP contribution in [0.25, 0.3) is 0 Å². The average molecular weight is 342 g/mol. The highest BCUT2D eigenvalue weighted by atomic mass is 79.9. The number of halogens is 2. The quantitative estimate of drug-likeness (QED) is 0.871. The van der Waals surface area contributed by atoms with Crippen LogP contribution >= 0.6 is 15.9 Å². The number of rotatable bonds is 3. The van der Waals surface area contributed by atoms with Crippen LogP contribution in [-0.2, 0) is 18.4 Å². The maximum atomic E-state index is 13.2. The van der Waals surface area contributed by atoms with Crippen molar-refractivity contribution in [3.8, 4) is 0 Å². The van der Waals surface area contributed by atoms with Crippen LogP contribution in [0, 0.1) is 12.7 Å². The van der Waals surface area contributed by atoms with Crippen LogP contribution in [-0.4, -0.2) is 15.7 Å². The fraction of sp³-hybridized carbons (Fsp3) is 0.231. The first-order valence-electron chi connectivity index (χ1n) is 5.79. The molecule has 1 aromatic carbocycles. The molecule has 0 spiro atoms. The monoisotopic (exact) mass is 341 g/mol. The number of nitrogens with two attached hydrogens (primary N) is 1. The van der Waals surface area contributed by atoms with Gasteiger partial charge in [0.25, 0.3) is 0 Å². The molecule has 0 aliphatic heterocycles. The van der Waals surface area contributed by atoms with Gasteiger partial charge < -0.3 is 10.5 Å². The van der Waals surface area contributed by atoms with Gasteiger partial charge in [0.2, 0.25) is 0 Å². The summed E-state index contributed by atoms with van der Waals surface area (Å²) in [6.45, 7) is 1.66. The van der Waals surface area contributed by atoms with Crippen molar-refractivity contribution in [1.29, 1.82) is 0 Å². The van der Waals surface area contributed by atoms with Crippen molar-refractivity contribution in [2.24, 2.45) is 7.05 Å². The molecule has 0 aliphatic carbocycles. The predicted octanol–water partition coefficient (Wildman–Crippen LogP) is 2.57. The molecule has 7 heteroatoms. The molecule has 2 rings (SSSR count). The summed E-state index contributed by atoms with van der Waals surface area (Å²) in [5.41, 5.74) is 7.36. The van der Waals surface area contributed by atoms with E-state index in [0.717, 1.165) is 0 Å². The van der Waals surface area contributed by atoms with E-state index >= 15 is 0 Å². The minimum absolute atomic E-state index is 0.0428. The normalized spacial score (nSPS) is 10.6. The third-order valence-electron chi connectivity index (χ3n) is 2.75. The molecule has 1 aromatic heterocycles. The number of esters is 1. The van der Waals surface area contributed by atoms with Crippen molar-refractivity contribution in [3.05, 3.63) is 45.4 Å². The molecule has 106 valence electrons. The highest BCUT2D eigenvalue weighted by Gasteiger charge is 2.19. The van der Waals surface area contributed by atoms with Crippen LogP contribution in [0.2, 0.25) is 0 Å². The summed E-state index contributed by atoms with van der Waals surface area (Å²) in [6, 6.07) is 4.30. The van der Waals surface area contributed by atoms with Gasteiger partial charge in [-0.15, -0.1) is 0 Å². The van der Waals surface area contributed by atoms with Gasteiger partial charge in [-0.1, -0.05) is 15.9 Å². The maximum Gasteiger partial charge on any atom is 0.359 e. The Morgan fingerprint density at radius 3 is 2.75 bits per heavy atom. The Kier molecular flexibility index (Phi) is 4.08. The molecule has 2 N–H and O–H groups in total. The second kappa shape index (κ2) is 5.62. The van der Waals surface area contributed by atoms with Crippen molar-refractivity contribution in [1.82, 2.24) is 9.78 Å². The minimum Gasteiger partial charge on any atom is -0.456 e. The number of carbonyl (C=O) groups is 1. The molecule has 0 atom stereocenters. The number of aryl methyl sites for hydroxylation is 2. The standard InChI is InChI=1S/C13H13BrFN3O2/c1-7-11(16)12(18(2)17-7)13(19)20-6-8-3-9(14)5-10(15)4-8/h3-5H,6,16H2,1-2H3. The SMILES string of the molecule is Cc1nn(C)c(C(=O)OCc2cc(F)cc(Br)c2)c1N. The van der Waals surface area contributed by atoms with Crippen LogP contribution in [0.15, 0.2) is 22.7 Å². The Bertz CT molecular complexity index is 650. The number of anilines is 1. The summed E-state index contributed by atoms with van der Waals surface area (Å²) >= 11 is 3.18. The van der Waals surface area contributed by atoms with Gasteiger partial charge in [0.15, 0.2) is 5.69 Å². The molecular formula is C13H13BrFN3O2. The topological polar surface area (TPSA) is 70.1 Å². The Morgan fingerprint density at radius 1 is 1.50 bits per heavy atom. The predicted molar refractivity (Wildman–Crippen MR) is 75.6 cm³/mol.